The van der Waals surface area contributed by atoms with E-state index in [9.17, 15) is 4.79 Å². The standard InChI is InChI=1S/C12H10BrNO4/c1-16-7-3-4-8(10(5-7)17-2)11-9(6-15)12(13)18-14-11/h3-6H,1-2H3. The second-order valence-electron chi connectivity index (χ2n) is 3.40. The smallest absolute Gasteiger partial charge is 0.213 e. The Labute approximate surface area is 112 Å². The molecule has 0 spiro atoms. The predicted octanol–water partition coefficient (Wildman–Crippen LogP) is 2.93. The van der Waals surface area contributed by atoms with Crippen molar-refractivity contribution in [3.05, 3.63) is 28.4 Å². The van der Waals surface area contributed by atoms with Crippen molar-refractivity contribution >= 4 is 22.2 Å². The minimum absolute atomic E-state index is 0.297. The molecule has 0 fully saturated rings. The van der Waals surface area contributed by atoms with Crippen LogP contribution in [0.15, 0.2) is 27.4 Å². The van der Waals surface area contributed by atoms with E-state index < -0.39 is 0 Å². The minimum atomic E-state index is 0.297. The first-order chi connectivity index (χ1) is 8.71. The van der Waals surface area contributed by atoms with Crippen LogP contribution in [0.4, 0.5) is 0 Å². The monoisotopic (exact) mass is 311 g/mol. The molecule has 1 heterocycles. The first-order valence-electron chi connectivity index (χ1n) is 5.04. The van der Waals surface area contributed by atoms with E-state index >= 15 is 0 Å². The fourth-order valence-electron chi connectivity index (χ4n) is 1.57. The summed E-state index contributed by atoms with van der Waals surface area (Å²) in [7, 11) is 3.10. The van der Waals surface area contributed by atoms with Crippen molar-refractivity contribution < 1.29 is 18.8 Å². The number of rotatable bonds is 4. The zero-order chi connectivity index (χ0) is 13.1. The third-order valence-corrected chi connectivity index (χ3v) is 3.04. The summed E-state index contributed by atoms with van der Waals surface area (Å²) in [4.78, 5) is 11.0. The zero-order valence-electron chi connectivity index (χ0n) is 9.77. The van der Waals surface area contributed by atoms with Gasteiger partial charge < -0.3 is 14.0 Å². The molecular weight excluding hydrogens is 302 g/mol. The third-order valence-electron chi connectivity index (χ3n) is 2.47. The summed E-state index contributed by atoms with van der Waals surface area (Å²) in [5, 5.41) is 3.85. The highest BCUT2D eigenvalue weighted by Gasteiger charge is 2.18. The molecule has 0 aliphatic rings. The maximum Gasteiger partial charge on any atom is 0.213 e. The Hall–Kier alpha value is -1.82. The van der Waals surface area contributed by atoms with E-state index in [1.165, 1.54) is 7.11 Å². The number of methoxy groups -OCH3 is 2. The number of halogens is 1. The van der Waals surface area contributed by atoms with Gasteiger partial charge in [-0.2, -0.15) is 0 Å². The molecule has 2 rings (SSSR count). The molecule has 5 nitrogen and oxygen atoms in total. The maximum atomic E-state index is 11.0. The molecule has 0 saturated heterocycles. The van der Waals surface area contributed by atoms with Gasteiger partial charge in [0.15, 0.2) is 6.29 Å². The molecule has 0 N–H and O–H groups in total. The molecule has 6 heteroatoms. The van der Waals surface area contributed by atoms with E-state index in [4.69, 9.17) is 14.0 Å². The number of aromatic nitrogens is 1. The largest absolute Gasteiger partial charge is 0.497 e. The Kier molecular flexibility index (Phi) is 3.66. The Balaban J connectivity index is 2.59. The second kappa shape index (κ2) is 5.22. The van der Waals surface area contributed by atoms with Crippen molar-refractivity contribution in [1.29, 1.82) is 0 Å². The van der Waals surface area contributed by atoms with E-state index in [0.29, 0.717) is 39.3 Å². The first kappa shape index (κ1) is 12.6. The molecule has 0 unspecified atom stereocenters. The number of aldehydes is 1. The number of hydrogen-bond acceptors (Lipinski definition) is 5. The Morgan fingerprint density at radius 1 is 1.33 bits per heavy atom. The summed E-state index contributed by atoms with van der Waals surface area (Å²) >= 11 is 3.12. The Bertz CT molecular complexity index is 579. The van der Waals surface area contributed by atoms with Gasteiger partial charge in [0.2, 0.25) is 4.67 Å². The molecule has 1 aromatic heterocycles. The molecular formula is C12H10BrNO4. The van der Waals surface area contributed by atoms with Crippen molar-refractivity contribution in [2.75, 3.05) is 14.2 Å². The quantitative estimate of drug-likeness (QED) is 0.812. The zero-order valence-corrected chi connectivity index (χ0v) is 11.4. The molecule has 0 aliphatic carbocycles. The predicted molar refractivity (Wildman–Crippen MR) is 68.1 cm³/mol. The molecule has 94 valence electrons. The second-order valence-corrected chi connectivity index (χ2v) is 4.12. The van der Waals surface area contributed by atoms with Gasteiger partial charge >= 0.3 is 0 Å². The molecule has 18 heavy (non-hydrogen) atoms. The van der Waals surface area contributed by atoms with Crippen LogP contribution in [-0.4, -0.2) is 25.7 Å². The average Bonchev–Trinajstić information content (AvgIpc) is 2.78. The van der Waals surface area contributed by atoms with Gasteiger partial charge in [0.25, 0.3) is 0 Å². The molecule has 0 amide bonds. The number of ether oxygens (including phenoxy) is 2. The number of benzene rings is 1. The van der Waals surface area contributed by atoms with Crippen LogP contribution in [0.2, 0.25) is 0 Å². The Morgan fingerprint density at radius 3 is 2.72 bits per heavy atom. The lowest BCUT2D eigenvalue weighted by Crippen LogP contribution is -1.92. The molecule has 0 radical (unpaired) electrons. The van der Waals surface area contributed by atoms with Gasteiger partial charge in [0, 0.05) is 11.6 Å². The van der Waals surface area contributed by atoms with Crippen LogP contribution in [0, 0.1) is 0 Å². The van der Waals surface area contributed by atoms with Crippen LogP contribution in [-0.2, 0) is 0 Å². The lowest BCUT2D eigenvalue weighted by atomic mass is 10.1. The fourth-order valence-corrected chi connectivity index (χ4v) is 1.92. The van der Waals surface area contributed by atoms with Gasteiger partial charge in [-0.1, -0.05) is 5.16 Å². The molecule has 0 atom stereocenters. The van der Waals surface area contributed by atoms with Crippen molar-refractivity contribution in [1.82, 2.24) is 5.16 Å². The van der Waals surface area contributed by atoms with Gasteiger partial charge in [0.1, 0.15) is 17.2 Å². The minimum Gasteiger partial charge on any atom is -0.497 e. The summed E-state index contributed by atoms with van der Waals surface area (Å²) < 4.78 is 15.6. The summed E-state index contributed by atoms with van der Waals surface area (Å²) in [6.45, 7) is 0. The van der Waals surface area contributed by atoms with Crippen molar-refractivity contribution in [3.8, 4) is 22.8 Å². The molecule has 1 aromatic carbocycles. The maximum absolute atomic E-state index is 11.0. The van der Waals surface area contributed by atoms with E-state index in [-0.39, 0.29) is 0 Å². The van der Waals surface area contributed by atoms with Crippen LogP contribution in [0.1, 0.15) is 10.4 Å². The number of nitrogens with zero attached hydrogens (tertiary/aromatic N) is 1. The van der Waals surface area contributed by atoms with Gasteiger partial charge in [-0.25, -0.2) is 0 Å². The SMILES string of the molecule is COc1ccc(-c2noc(Br)c2C=O)c(OC)c1. The van der Waals surface area contributed by atoms with Crippen molar-refractivity contribution in [3.63, 3.8) is 0 Å². The highest BCUT2D eigenvalue weighted by Crippen LogP contribution is 2.36. The number of carbonyl (C=O) groups excluding carboxylic acids is 1. The molecule has 2 aromatic rings. The van der Waals surface area contributed by atoms with Crippen LogP contribution in [0.5, 0.6) is 11.5 Å². The van der Waals surface area contributed by atoms with Crippen LogP contribution >= 0.6 is 15.9 Å². The molecule has 0 saturated carbocycles. The van der Waals surface area contributed by atoms with E-state index in [1.54, 1.807) is 25.3 Å². The normalized spacial score (nSPS) is 10.2. The number of carbonyl (C=O) groups is 1. The van der Waals surface area contributed by atoms with Crippen LogP contribution in [0.3, 0.4) is 0 Å². The van der Waals surface area contributed by atoms with Gasteiger partial charge in [0.05, 0.1) is 19.8 Å². The van der Waals surface area contributed by atoms with Crippen molar-refractivity contribution in [2.24, 2.45) is 0 Å². The topological polar surface area (TPSA) is 61.6 Å². The summed E-state index contributed by atoms with van der Waals surface area (Å²) in [5.41, 5.74) is 1.43. The van der Waals surface area contributed by atoms with E-state index in [0.717, 1.165) is 0 Å². The Morgan fingerprint density at radius 2 is 2.11 bits per heavy atom. The summed E-state index contributed by atoms with van der Waals surface area (Å²) in [6, 6.07) is 5.23. The van der Waals surface area contributed by atoms with Crippen LogP contribution < -0.4 is 9.47 Å². The van der Waals surface area contributed by atoms with Gasteiger partial charge in [-0.3, -0.25) is 4.79 Å². The lowest BCUT2D eigenvalue weighted by molar-refractivity contribution is 0.112. The lowest BCUT2D eigenvalue weighted by Gasteiger charge is -2.08. The van der Waals surface area contributed by atoms with E-state index in [1.807, 2.05) is 0 Å². The van der Waals surface area contributed by atoms with Gasteiger partial charge in [-0.05, 0) is 28.1 Å². The summed E-state index contributed by atoms with van der Waals surface area (Å²) in [5.74, 6) is 1.21. The molecule has 0 bridgehead atoms. The molecule has 0 aliphatic heterocycles. The summed E-state index contributed by atoms with van der Waals surface area (Å²) in [6.07, 6.45) is 0.680. The van der Waals surface area contributed by atoms with Gasteiger partial charge in [-0.15, -0.1) is 0 Å². The highest BCUT2D eigenvalue weighted by molar-refractivity contribution is 9.10. The average molecular weight is 312 g/mol. The van der Waals surface area contributed by atoms with Crippen LogP contribution in [0.25, 0.3) is 11.3 Å². The fraction of sp³-hybridized carbons (Fsp3) is 0.167. The third kappa shape index (κ3) is 2.11. The first-order valence-corrected chi connectivity index (χ1v) is 5.83. The highest BCUT2D eigenvalue weighted by atomic mass is 79.9. The van der Waals surface area contributed by atoms with E-state index in [2.05, 4.69) is 21.1 Å². The number of hydrogen-bond donors (Lipinski definition) is 0. The van der Waals surface area contributed by atoms with Crippen molar-refractivity contribution in [2.45, 2.75) is 0 Å².